The molecule has 1 aliphatic heterocycles. The fourth-order valence-electron chi connectivity index (χ4n) is 4.52. The molecule has 1 fully saturated rings. The summed E-state index contributed by atoms with van der Waals surface area (Å²) in [5, 5.41) is 20.9. The first kappa shape index (κ1) is 25.2. The average Bonchev–Trinajstić information content (AvgIpc) is 3.62. The number of aliphatic hydroxyl groups is 1. The first-order valence-corrected chi connectivity index (χ1v) is 14.0. The monoisotopic (exact) mass is 574 g/mol. The van der Waals surface area contributed by atoms with E-state index in [1.165, 1.54) is 28.0 Å². The largest absolute Gasteiger partial charge is 0.505 e. The molecule has 0 saturated carbocycles. The summed E-state index contributed by atoms with van der Waals surface area (Å²) in [6.45, 7) is 1.74. The number of hydrogen-bond donors (Lipinski definition) is 1. The molecule has 6 rings (SSSR count). The molecule has 1 unspecified atom stereocenters. The van der Waals surface area contributed by atoms with E-state index in [-0.39, 0.29) is 16.5 Å². The van der Waals surface area contributed by atoms with Crippen molar-refractivity contribution in [2.24, 2.45) is 0 Å². The Hall–Kier alpha value is -4.06. The van der Waals surface area contributed by atoms with Gasteiger partial charge in [-0.15, -0.1) is 10.2 Å². The Bertz CT molecular complexity index is 1770. The van der Waals surface area contributed by atoms with Crippen LogP contribution in [0.3, 0.4) is 0 Å². The van der Waals surface area contributed by atoms with Crippen LogP contribution in [0.4, 0.5) is 5.13 Å². The number of halogens is 1. The standard InChI is InChI=1S/C27H19ClN6O3S2/c1-15-21(33-12-5-4-10-19(33)30-15)23(35)20-22(16-8-6-11-29-13-16)34(25(37)24(20)36)26-31-32-27(39-26)38-14-17-7-2-3-9-18(17)28/h2-13,22,35H,14H2,1H3. The smallest absolute Gasteiger partial charge is 0.301 e. The van der Waals surface area contributed by atoms with Crippen molar-refractivity contribution in [3.05, 3.63) is 106 Å². The van der Waals surface area contributed by atoms with Gasteiger partial charge in [-0.05, 0) is 42.3 Å². The van der Waals surface area contributed by atoms with Crippen LogP contribution in [0, 0.1) is 6.92 Å². The normalized spacial score (nSPS) is 16.9. The number of anilines is 1. The van der Waals surface area contributed by atoms with Gasteiger partial charge < -0.3 is 5.11 Å². The van der Waals surface area contributed by atoms with Crippen LogP contribution in [0.1, 0.15) is 28.6 Å². The lowest BCUT2D eigenvalue weighted by Crippen LogP contribution is -2.29. The highest BCUT2D eigenvalue weighted by Crippen LogP contribution is 2.44. The molecule has 0 bridgehead atoms. The van der Waals surface area contributed by atoms with Gasteiger partial charge in [-0.3, -0.25) is 23.9 Å². The van der Waals surface area contributed by atoms with Gasteiger partial charge in [0.25, 0.3) is 5.78 Å². The maximum atomic E-state index is 13.5. The van der Waals surface area contributed by atoms with Gasteiger partial charge in [0.1, 0.15) is 11.3 Å². The SMILES string of the molecule is Cc1nc2ccccn2c1C(O)=C1C(=O)C(=O)N(c2nnc(SCc3ccccc3Cl)s2)C1c1cccnc1. The lowest BCUT2D eigenvalue weighted by atomic mass is 9.97. The van der Waals surface area contributed by atoms with Gasteiger partial charge in [0.05, 0.1) is 17.3 Å². The molecule has 9 nitrogen and oxygen atoms in total. The van der Waals surface area contributed by atoms with Crippen molar-refractivity contribution in [1.82, 2.24) is 24.6 Å². The van der Waals surface area contributed by atoms with E-state index in [2.05, 4.69) is 20.2 Å². The number of amides is 1. The molecule has 0 spiro atoms. The first-order chi connectivity index (χ1) is 18.9. The highest BCUT2D eigenvalue weighted by atomic mass is 35.5. The van der Waals surface area contributed by atoms with Crippen LogP contribution in [0.5, 0.6) is 0 Å². The van der Waals surface area contributed by atoms with Crippen LogP contribution in [-0.2, 0) is 15.3 Å². The van der Waals surface area contributed by atoms with E-state index in [1.54, 1.807) is 54.2 Å². The maximum absolute atomic E-state index is 13.5. The molecule has 39 heavy (non-hydrogen) atoms. The Balaban J connectivity index is 1.43. The van der Waals surface area contributed by atoms with Crippen molar-refractivity contribution in [1.29, 1.82) is 0 Å². The van der Waals surface area contributed by atoms with Gasteiger partial charge in [-0.25, -0.2) is 4.98 Å². The van der Waals surface area contributed by atoms with Gasteiger partial charge in [0, 0.05) is 29.4 Å². The number of ketones is 1. The van der Waals surface area contributed by atoms with Gasteiger partial charge in [-0.1, -0.05) is 65.0 Å². The number of Topliss-reactive ketones (excluding diaryl/α,β-unsaturated/α-hetero) is 1. The summed E-state index contributed by atoms with van der Waals surface area (Å²) >= 11 is 8.89. The van der Waals surface area contributed by atoms with Crippen LogP contribution in [-0.4, -0.2) is 41.4 Å². The van der Waals surface area contributed by atoms with Gasteiger partial charge in [0.2, 0.25) is 5.13 Å². The van der Waals surface area contributed by atoms with Crippen molar-refractivity contribution >= 4 is 62.9 Å². The number of nitrogens with zero attached hydrogens (tertiary/aromatic N) is 6. The molecule has 5 heterocycles. The minimum atomic E-state index is -0.957. The number of rotatable bonds is 6. The first-order valence-electron chi connectivity index (χ1n) is 11.8. The third-order valence-corrected chi connectivity index (χ3v) is 8.76. The maximum Gasteiger partial charge on any atom is 0.301 e. The van der Waals surface area contributed by atoms with Gasteiger partial charge >= 0.3 is 5.91 Å². The molecule has 0 radical (unpaired) electrons. The number of hydrogen-bond acceptors (Lipinski definition) is 9. The average molecular weight is 575 g/mol. The van der Waals surface area contributed by atoms with E-state index in [0.717, 1.165) is 5.56 Å². The fourth-order valence-corrected chi connectivity index (χ4v) is 6.68. The number of carbonyl (C=O) groups is 2. The third-order valence-electron chi connectivity index (χ3n) is 6.28. The second-order valence-corrected chi connectivity index (χ2v) is 11.2. The topological polar surface area (TPSA) is 114 Å². The molecular formula is C27H19ClN6O3S2. The Labute approximate surface area is 235 Å². The molecule has 1 aliphatic rings. The van der Waals surface area contributed by atoms with Crippen LogP contribution < -0.4 is 4.90 Å². The summed E-state index contributed by atoms with van der Waals surface area (Å²) in [5.41, 5.74) is 2.88. The van der Waals surface area contributed by atoms with E-state index in [9.17, 15) is 14.7 Å². The second kappa shape index (κ2) is 10.3. The Morgan fingerprint density at radius 3 is 2.72 bits per heavy atom. The van der Waals surface area contributed by atoms with E-state index in [0.29, 0.717) is 37.7 Å². The minimum absolute atomic E-state index is 0.0674. The lowest BCUT2D eigenvalue weighted by molar-refractivity contribution is -0.132. The summed E-state index contributed by atoms with van der Waals surface area (Å²) in [6, 6.07) is 15.4. The van der Waals surface area contributed by atoms with Crippen LogP contribution >= 0.6 is 34.7 Å². The highest BCUT2D eigenvalue weighted by Gasteiger charge is 2.49. The Kier molecular flexibility index (Phi) is 6.63. The predicted molar refractivity (Wildman–Crippen MR) is 150 cm³/mol. The number of pyridine rings is 2. The van der Waals surface area contributed by atoms with E-state index >= 15 is 0 Å². The molecule has 1 atom stereocenters. The summed E-state index contributed by atoms with van der Waals surface area (Å²) in [7, 11) is 0. The Morgan fingerprint density at radius 2 is 1.92 bits per heavy atom. The quantitative estimate of drug-likeness (QED) is 0.0935. The molecular weight excluding hydrogens is 556 g/mol. The lowest BCUT2D eigenvalue weighted by Gasteiger charge is -2.22. The molecule has 1 amide bonds. The van der Waals surface area contributed by atoms with E-state index in [4.69, 9.17) is 11.6 Å². The van der Waals surface area contributed by atoms with Crippen LogP contribution in [0.25, 0.3) is 11.4 Å². The van der Waals surface area contributed by atoms with Crippen molar-refractivity contribution in [2.75, 3.05) is 4.90 Å². The number of benzene rings is 1. The zero-order valence-electron chi connectivity index (χ0n) is 20.4. The van der Waals surface area contributed by atoms with Crippen molar-refractivity contribution < 1.29 is 14.7 Å². The Morgan fingerprint density at radius 1 is 1.10 bits per heavy atom. The molecule has 5 aromatic rings. The van der Waals surface area contributed by atoms with E-state index in [1.807, 2.05) is 30.3 Å². The van der Waals surface area contributed by atoms with E-state index < -0.39 is 17.7 Å². The number of thioether (sulfide) groups is 1. The molecule has 1 aromatic carbocycles. The molecule has 194 valence electrons. The summed E-state index contributed by atoms with van der Waals surface area (Å²) in [4.78, 5) is 36.9. The summed E-state index contributed by atoms with van der Waals surface area (Å²) in [5.74, 6) is -1.39. The minimum Gasteiger partial charge on any atom is -0.505 e. The van der Waals surface area contributed by atoms with Crippen LogP contribution in [0.15, 0.2) is 83.1 Å². The highest BCUT2D eigenvalue weighted by molar-refractivity contribution is 8.00. The predicted octanol–water partition coefficient (Wildman–Crippen LogP) is 5.46. The summed E-state index contributed by atoms with van der Waals surface area (Å²) < 4.78 is 2.29. The van der Waals surface area contributed by atoms with Crippen molar-refractivity contribution in [2.45, 2.75) is 23.1 Å². The molecule has 12 heteroatoms. The van der Waals surface area contributed by atoms with Gasteiger partial charge in [-0.2, -0.15) is 0 Å². The van der Waals surface area contributed by atoms with Crippen LogP contribution in [0.2, 0.25) is 5.02 Å². The number of imidazole rings is 1. The number of fused-ring (bicyclic) bond motifs is 1. The van der Waals surface area contributed by atoms with Crippen molar-refractivity contribution in [3.8, 4) is 0 Å². The molecule has 1 N–H and O–H groups in total. The fraction of sp³-hybridized carbons (Fsp3) is 0.111. The summed E-state index contributed by atoms with van der Waals surface area (Å²) in [6.07, 6.45) is 4.90. The molecule has 0 aliphatic carbocycles. The zero-order valence-corrected chi connectivity index (χ0v) is 22.7. The molecule has 1 saturated heterocycles. The number of aliphatic hydroxyl groups excluding tert-OH is 1. The number of aryl methyl sites for hydroxylation is 1. The zero-order chi connectivity index (χ0) is 27.1. The number of aromatic nitrogens is 5. The third kappa shape index (κ3) is 4.48. The van der Waals surface area contributed by atoms with Gasteiger partial charge in [0.15, 0.2) is 10.1 Å². The number of carbonyl (C=O) groups excluding carboxylic acids is 2. The van der Waals surface area contributed by atoms with Crippen molar-refractivity contribution in [3.63, 3.8) is 0 Å². The second-order valence-electron chi connectivity index (χ2n) is 8.66. The molecule has 4 aromatic heterocycles.